The smallest absolute Gasteiger partial charge is 0.317 e. The molecule has 1 fully saturated rings. The van der Waals surface area contributed by atoms with E-state index in [2.05, 4.69) is 0 Å². The van der Waals surface area contributed by atoms with Crippen molar-refractivity contribution in [3.63, 3.8) is 0 Å². The SMILES string of the molecule is CC.CC(=O)CN(CCN(CC(=O)O)CC(=O)O)C1CCCCC1N(CC(=O)O)CC(=O)O. The van der Waals surface area contributed by atoms with Gasteiger partial charge in [0.05, 0.1) is 32.7 Å². The number of carbonyl (C=O) groups excluding carboxylic acids is 1. The van der Waals surface area contributed by atoms with Crippen LogP contribution in [0.4, 0.5) is 0 Å². The van der Waals surface area contributed by atoms with Crippen molar-refractivity contribution in [1.82, 2.24) is 14.7 Å². The van der Waals surface area contributed by atoms with Gasteiger partial charge in [0, 0.05) is 25.2 Å². The fourth-order valence-corrected chi connectivity index (χ4v) is 4.10. The standard InChI is InChI=1S/C19H31N3O9.C2H6/c1-13(23)8-21(7-6-20(9-16(24)25)10-17(26)27)14-4-2-3-5-15(14)22(11-18(28)29)12-19(30)31;1-2/h14-15H,2-12H2,1H3,(H,24,25)(H,26,27)(H,28,29)(H,30,31);1-2H3. The van der Waals surface area contributed by atoms with Gasteiger partial charge in [-0.05, 0) is 19.8 Å². The first kappa shape index (κ1) is 30.4. The molecule has 0 radical (unpaired) electrons. The third kappa shape index (κ3) is 12.9. The van der Waals surface area contributed by atoms with Gasteiger partial charge in [0.2, 0.25) is 0 Å². The summed E-state index contributed by atoms with van der Waals surface area (Å²) in [6.07, 6.45) is 2.78. The molecule has 4 N–H and O–H groups in total. The highest BCUT2D eigenvalue weighted by molar-refractivity contribution is 5.77. The number of ketones is 1. The molecule has 12 heteroatoms. The van der Waals surface area contributed by atoms with Gasteiger partial charge in [0.25, 0.3) is 0 Å². The predicted octanol–water partition coefficient (Wildman–Crippen LogP) is 0.157. The Labute approximate surface area is 193 Å². The van der Waals surface area contributed by atoms with Crippen molar-refractivity contribution in [2.45, 2.75) is 58.5 Å². The number of hydrogen-bond acceptors (Lipinski definition) is 8. The number of nitrogens with zero attached hydrogens (tertiary/aromatic N) is 3. The molecule has 0 heterocycles. The first-order chi connectivity index (χ1) is 15.5. The minimum absolute atomic E-state index is 0.0170. The van der Waals surface area contributed by atoms with Gasteiger partial charge < -0.3 is 20.4 Å². The normalized spacial score (nSPS) is 18.0. The third-order valence-electron chi connectivity index (χ3n) is 5.16. The molecule has 190 valence electrons. The molecular weight excluding hydrogens is 438 g/mol. The fourth-order valence-electron chi connectivity index (χ4n) is 4.10. The Morgan fingerprint density at radius 3 is 1.39 bits per heavy atom. The highest BCUT2D eigenvalue weighted by Gasteiger charge is 2.36. The Hall–Kier alpha value is -2.57. The third-order valence-corrected chi connectivity index (χ3v) is 5.16. The molecule has 0 amide bonds. The summed E-state index contributed by atoms with van der Waals surface area (Å²) in [4.78, 5) is 61.0. The van der Waals surface area contributed by atoms with Gasteiger partial charge in [0.15, 0.2) is 0 Å². The molecule has 0 aromatic rings. The summed E-state index contributed by atoms with van der Waals surface area (Å²) in [6, 6.07) is -0.722. The van der Waals surface area contributed by atoms with Crippen LogP contribution >= 0.6 is 0 Å². The summed E-state index contributed by atoms with van der Waals surface area (Å²) in [5.74, 6) is -4.82. The van der Waals surface area contributed by atoms with E-state index in [-0.39, 0.29) is 31.5 Å². The molecule has 0 saturated heterocycles. The summed E-state index contributed by atoms with van der Waals surface area (Å²) in [5, 5.41) is 36.5. The number of carbonyl (C=O) groups is 5. The zero-order chi connectivity index (χ0) is 25.6. The number of rotatable bonds is 15. The molecule has 12 nitrogen and oxygen atoms in total. The van der Waals surface area contributed by atoms with Crippen LogP contribution in [0, 0.1) is 0 Å². The maximum atomic E-state index is 11.9. The number of carboxylic acids is 4. The van der Waals surface area contributed by atoms with Crippen LogP contribution in [-0.4, -0.2) is 123 Å². The van der Waals surface area contributed by atoms with Crippen LogP contribution in [0.15, 0.2) is 0 Å². The van der Waals surface area contributed by atoms with E-state index in [0.717, 1.165) is 12.8 Å². The van der Waals surface area contributed by atoms with Crippen molar-refractivity contribution >= 4 is 29.7 Å². The van der Waals surface area contributed by atoms with Crippen molar-refractivity contribution in [2.24, 2.45) is 0 Å². The largest absolute Gasteiger partial charge is 0.480 e. The van der Waals surface area contributed by atoms with Gasteiger partial charge in [-0.3, -0.25) is 38.7 Å². The average molecular weight is 476 g/mol. The topological polar surface area (TPSA) is 176 Å². The predicted molar refractivity (Wildman–Crippen MR) is 118 cm³/mol. The lowest BCUT2D eigenvalue weighted by Gasteiger charge is -2.44. The van der Waals surface area contributed by atoms with Crippen LogP contribution < -0.4 is 0 Å². The van der Waals surface area contributed by atoms with E-state index in [9.17, 15) is 34.2 Å². The summed E-state index contributed by atoms with van der Waals surface area (Å²) < 4.78 is 0. The van der Waals surface area contributed by atoms with E-state index < -0.39 is 56.1 Å². The Morgan fingerprint density at radius 1 is 0.636 bits per heavy atom. The lowest BCUT2D eigenvalue weighted by atomic mass is 9.87. The average Bonchev–Trinajstić information content (AvgIpc) is 2.70. The van der Waals surface area contributed by atoms with Crippen molar-refractivity contribution in [2.75, 3.05) is 45.8 Å². The van der Waals surface area contributed by atoms with Crippen molar-refractivity contribution < 1.29 is 44.4 Å². The van der Waals surface area contributed by atoms with E-state index in [4.69, 9.17) is 10.2 Å². The molecule has 2 unspecified atom stereocenters. The van der Waals surface area contributed by atoms with Crippen LogP contribution in [0.3, 0.4) is 0 Å². The lowest BCUT2D eigenvalue weighted by molar-refractivity contribution is -0.144. The van der Waals surface area contributed by atoms with E-state index >= 15 is 0 Å². The van der Waals surface area contributed by atoms with Crippen molar-refractivity contribution in [3.05, 3.63) is 0 Å². The molecule has 0 aromatic heterocycles. The van der Waals surface area contributed by atoms with Gasteiger partial charge >= 0.3 is 23.9 Å². The molecule has 33 heavy (non-hydrogen) atoms. The summed E-state index contributed by atoms with van der Waals surface area (Å²) in [5.41, 5.74) is 0. The molecule has 1 aliphatic rings. The second-order valence-corrected chi connectivity index (χ2v) is 7.78. The summed E-state index contributed by atoms with van der Waals surface area (Å²) >= 11 is 0. The van der Waals surface area contributed by atoms with Gasteiger partial charge in [-0.1, -0.05) is 26.7 Å². The number of Topliss-reactive ketones (excluding diaryl/α,β-unsaturated/α-hetero) is 1. The molecule has 2 atom stereocenters. The van der Waals surface area contributed by atoms with E-state index in [1.54, 1.807) is 4.90 Å². The summed E-state index contributed by atoms with van der Waals surface area (Å²) in [7, 11) is 0. The van der Waals surface area contributed by atoms with Gasteiger partial charge in [-0.2, -0.15) is 0 Å². The van der Waals surface area contributed by atoms with Crippen LogP contribution in [0.25, 0.3) is 0 Å². The monoisotopic (exact) mass is 475 g/mol. The van der Waals surface area contributed by atoms with Crippen LogP contribution in [0.2, 0.25) is 0 Å². The first-order valence-electron chi connectivity index (χ1n) is 11.1. The van der Waals surface area contributed by atoms with Crippen molar-refractivity contribution in [3.8, 4) is 0 Å². The Bertz CT molecular complexity index is 639. The first-order valence-corrected chi connectivity index (χ1v) is 11.1. The minimum atomic E-state index is -1.18. The highest BCUT2D eigenvalue weighted by atomic mass is 16.4. The molecule has 0 spiro atoms. The van der Waals surface area contributed by atoms with E-state index in [1.165, 1.54) is 16.7 Å². The number of hydrogen-bond donors (Lipinski definition) is 4. The molecular formula is C21H37N3O9. The number of aliphatic carboxylic acids is 4. The zero-order valence-electron chi connectivity index (χ0n) is 19.6. The van der Waals surface area contributed by atoms with Gasteiger partial charge in [-0.25, -0.2) is 0 Å². The number of carboxylic acid groups (broad SMARTS) is 4. The van der Waals surface area contributed by atoms with Crippen molar-refractivity contribution in [1.29, 1.82) is 0 Å². The van der Waals surface area contributed by atoms with Gasteiger partial charge in [-0.15, -0.1) is 0 Å². The Balaban J connectivity index is 0.00000497. The second kappa shape index (κ2) is 16.1. The van der Waals surface area contributed by atoms with E-state index in [1.807, 2.05) is 13.8 Å². The molecule has 0 bridgehead atoms. The zero-order valence-corrected chi connectivity index (χ0v) is 19.6. The Kier molecular flexibility index (Phi) is 14.9. The quantitative estimate of drug-likeness (QED) is 0.253. The molecule has 0 aliphatic heterocycles. The van der Waals surface area contributed by atoms with Crippen LogP contribution in [-0.2, 0) is 24.0 Å². The minimum Gasteiger partial charge on any atom is -0.480 e. The molecule has 1 saturated carbocycles. The van der Waals surface area contributed by atoms with Gasteiger partial charge in [0.1, 0.15) is 5.78 Å². The highest BCUT2D eigenvalue weighted by Crippen LogP contribution is 2.27. The van der Waals surface area contributed by atoms with Crippen LogP contribution in [0.1, 0.15) is 46.5 Å². The maximum absolute atomic E-state index is 11.9. The molecule has 1 rings (SSSR count). The van der Waals surface area contributed by atoms with Crippen LogP contribution in [0.5, 0.6) is 0 Å². The lowest BCUT2D eigenvalue weighted by Crippen LogP contribution is -2.57. The summed E-state index contributed by atoms with van der Waals surface area (Å²) in [6.45, 7) is 3.82. The fraction of sp³-hybridized carbons (Fsp3) is 0.762. The Morgan fingerprint density at radius 2 is 1.03 bits per heavy atom. The maximum Gasteiger partial charge on any atom is 0.317 e. The molecule has 0 aromatic carbocycles. The van der Waals surface area contributed by atoms with E-state index in [0.29, 0.717) is 12.8 Å². The molecule has 1 aliphatic carbocycles. The second-order valence-electron chi connectivity index (χ2n) is 7.78.